The Morgan fingerprint density at radius 3 is 2.39 bits per heavy atom. The molecule has 0 atom stereocenters. The zero-order chi connectivity index (χ0) is 13.0. The van der Waals surface area contributed by atoms with Gasteiger partial charge < -0.3 is 15.2 Å². The summed E-state index contributed by atoms with van der Waals surface area (Å²) in [6, 6.07) is 7.09. The van der Waals surface area contributed by atoms with E-state index >= 15 is 0 Å². The monoisotopic (exact) mass is 266 g/mol. The molecule has 0 radical (unpaired) electrons. The third-order valence-electron chi connectivity index (χ3n) is 1.95. The molecule has 18 heavy (non-hydrogen) atoms. The van der Waals surface area contributed by atoms with Gasteiger partial charge in [-0.05, 0) is 42.8 Å². The average Bonchev–Trinajstić information content (AvgIpc) is 2.31. The van der Waals surface area contributed by atoms with E-state index in [1.807, 2.05) is 6.92 Å². The third kappa shape index (κ3) is 3.21. The zero-order valence-corrected chi connectivity index (χ0v) is 10.4. The minimum Gasteiger partial charge on any atom is -0.494 e. The largest absolute Gasteiger partial charge is 0.494 e. The van der Waals surface area contributed by atoms with E-state index < -0.39 is 0 Å². The van der Waals surface area contributed by atoms with E-state index in [2.05, 4.69) is 15.0 Å². The number of nitrogen functional groups attached to an aromatic ring is 1. The van der Waals surface area contributed by atoms with E-state index in [1.54, 1.807) is 24.3 Å². The van der Waals surface area contributed by atoms with Crippen LogP contribution in [0.5, 0.6) is 17.5 Å². The van der Waals surface area contributed by atoms with Crippen molar-refractivity contribution in [1.29, 1.82) is 0 Å². The first-order chi connectivity index (χ1) is 8.67. The van der Waals surface area contributed by atoms with Gasteiger partial charge in [-0.15, -0.1) is 0 Å². The maximum absolute atomic E-state index is 5.64. The topological polar surface area (TPSA) is 83.2 Å². The Morgan fingerprint density at radius 2 is 1.78 bits per heavy atom. The van der Waals surface area contributed by atoms with E-state index in [9.17, 15) is 0 Å². The molecule has 7 heteroatoms. The van der Waals surface area contributed by atoms with E-state index in [4.69, 9.17) is 26.8 Å². The van der Waals surface area contributed by atoms with Crippen molar-refractivity contribution in [1.82, 2.24) is 15.0 Å². The molecule has 0 spiro atoms. The lowest BCUT2D eigenvalue weighted by Crippen LogP contribution is -2.00. The molecular formula is C11H11ClN4O2. The lowest BCUT2D eigenvalue weighted by Gasteiger charge is -2.06. The summed E-state index contributed by atoms with van der Waals surface area (Å²) in [7, 11) is 0. The summed E-state index contributed by atoms with van der Waals surface area (Å²) in [5, 5.41) is -0.0107. The Bertz CT molecular complexity index is 513. The van der Waals surface area contributed by atoms with Crippen LogP contribution in [-0.4, -0.2) is 21.6 Å². The van der Waals surface area contributed by atoms with Crippen molar-refractivity contribution < 1.29 is 9.47 Å². The first-order valence-electron chi connectivity index (χ1n) is 5.25. The quantitative estimate of drug-likeness (QED) is 0.914. The molecule has 0 unspecified atom stereocenters. The number of nitrogens with two attached hydrogens (primary N) is 1. The molecule has 2 rings (SSSR count). The molecule has 2 aromatic rings. The van der Waals surface area contributed by atoms with Crippen molar-refractivity contribution in [2.45, 2.75) is 6.92 Å². The van der Waals surface area contributed by atoms with Gasteiger partial charge in [0.15, 0.2) is 0 Å². The van der Waals surface area contributed by atoms with Crippen molar-refractivity contribution in [3.05, 3.63) is 29.5 Å². The minimum absolute atomic E-state index is 0.0101. The third-order valence-corrected chi connectivity index (χ3v) is 2.12. The van der Waals surface area contributed by atoms with Crippen LogP contribution in [0.4, 0.5) is 5.95 Å². The van der Waals surface area contributed by atoms with Crippen LogP contribution in [0, 0.1) is 0 Å². The summed E-state index contributed by atoms with van der Waals surface area (Å²) in [4.78, 5) is 11.2. The Labute approximate surface area is 109 Å². The number of hydrogen-bond acceptors (Lipinski definition) is 6. The number of anilines is 1. The van der Waals surface area contributed by atoms with Crippen molar-refractivity contribution in [3.8, 4) is 17.5 Å². The molecule has 0 aliphatic heterocycles. The molecule has 6 nitrogen and oxygen atoms in total. The van der Waals surface area contributed by atoms with Crippen LogP contribution in [-0.2, 0) is 0 Å². The predicted octanol–water partition coefficient (Wildman–Crippen LogP) is 2.30. The summed E-state index contributed by atoms with van der Waals surface area (Å²) < 4.78 is 10.7. The maximum Gasteiger partial charge on any atom is 0.328 e. The van der Waals surface area contributed by atoms with Crippen LogP contribution in [0.15, 0.2) is 24.3 Å². The predicted molar refractivity (Wildman–Crippen MR) is 66.9 cm³/mol. The van der Waals surface area contributed by atoms with Gasteiger partial charge in [-0.1, -0.05) is 0 Å². The molecule has 1 heterocycles. The summed E-state index contributed by atoms with van der Waals surface area (Å²) >= 11 is 5.64. The highest BCUT2D eigenvalue weighted by Gasteiger charge is 2.05. The standard InChI is InChI=1S/C11H11ClN4O2/c1-2-17-7-3-5-8(6-4-7)18-11-15-9(12)14-10(13)16-11/h3-6H,2H2,1H3,(H2,13,14,15,16). The van der Waals surface area contributed by atoms with Crippen molar-refractivity contribution in [3.63, 3.8) is 0 Å². The second-order valence-corrected chi connectivity index (χ2v) is 3.59. The maximum atomic E-state index is 5.64. The molecule has 0 aliphatic rings. The normalized spacial score (nSPS) is 10.1. The highest BCUT2D eigenvalue weighted by Crippen LogP contribution is 2.22. The van der Waals surface area contributed by atoms with Crippen molar-refractivity contribution >= 4 is 17.5 Å². The second kappa shape index (κ2) is 5.50. The lowest BCUT2D eigenvalue weighted by molar-refractivity contribution is 0.339. The fourth-order valence-corrected chi connectivity index (χ4v) is 1.43. The highest BCUT2D eigenvalue weighted by molar-refractivity contribution is 6.28. The molecule has 94 valence electrons. The minimum atomic E-state index is -0.0107. The average molecular weight is 267 g/mol. The molecule has 0 amide bonds. The van der Waals surface area contributed by atoms with Gasteiger partial charge in [0.1, 0.15) is 11.5 Å². The van der Waals surface area contributed by atoms with Crippen LogP contribution in [0.25, 0.3) is 0 Å². The molecule has 2 N–H and O–H groups in total. The van der Waals surface area contributed by atoms with Gasteiger partial charge >= 0.3 is 6.01 Å². The molecule has 1 aromatic heterocycles. The molecule has 1 aromatic carbocycles. The summed E-state index contributed by atoms with van der Waals surface area (Å²) in [6.07, 6.45) is 0. The first-order valence-corrected chi connectivity index (χ1v) is 5.63. The van der Waals surface area contributed by atoms with Gasteiger partial charge in [0.2, 0.25) is 11.2 Å². The molecule has 0 saturated heterocycles. The number of rotatable bonds is 4. The number of halogens is 1. The van der Waals surface area contributed by atoms with Gasteiger partial charge in [0.25, 0.3) is 0 Å². The SMILES string of the molecule is CCOc1ccc(Oc2nc(N)nc(Cl)n2)cc1. The first kappa shape index (κ1) is 12.4. The van der Waals surface area contributed by atoms with Gasteiger partial charge in [-0.25, -0.2) is 0 Å². The molecule has 0 bridgehead atoms. The van der Waals surface area contributed by atoms with Crippen LogP contribution < -0.4 is 15.2 Å². The van der Waals surface area contributed by atoms with Gasteiger partial charge in [0, 0.05) is 0 Å². The Hall–Kier alpha value is -2.08. The van der Waals surface area contributed by atoms with Crippen molar-refractivity contribution in [2.24, 2.45) is 0 Å². The highest BCUT2D eigenvalue weighted by atomic mass is 35.5. The molecular weight excluding hydrogens is 256 g/mol. The van der Waals surface area contributed by atoms with Crippen LogP contribution in [0.3, 0.4) is 0 Å². The van der Waals surface area contributed by atoms with Gasteiger partial charge in [-0.2, -0.15) is 15.0 Å². The number of ether oxygens (including phenoxy) is 2. The van der Waals surface area contributed by atoms with Gasteiger partial charge in [0.05, 0.1) is 6.61 Å². The van der Waals surface area contributed by atoms with E-state index in [0.717, 1.165) is 5.75 Å². The fraction of sp³-hybridized carbons (Fsp3) is 0.182. The Morgan fingerprint density at radius 1 is 1.11 bits per heavy atom. The summed E-state index contributed by atoms with van der Waals surface area (Å²) in [6.45, 7) is 2.53. The van der Waals surface area contributed by atoms with E-state index in [1.165, 1.54) is 0 Å². The fourth-order valence-electron chi connectivity index (χ4n) is 1.27. The molecule has 0 aliphatic carbocycles. The molecule has 0 fully saturated rings. The number of hydrogen-bond donors (Lipinski definition) is 1. The lowest BCUT2D eigenvalue weighted by atomic mass is 10.3. The Balaban J connectivity index is 2.13. The van der Waals surface area contributed by atoms with Crippen LogP contribution in [0.2, 0.25) is 5.28 Å². The number of nitrogens with zero attached hydrogens (tertiary/aromatic N) is 3. The smallest absolute Gasteiger partial charge is 0.328 e. The number of benzene rings is 1. The van der Waals surface area contributed by atoms with E-state index in [-0.39, 0.29) is 17.2 Å². The van der Waals surface area contributed by atoms with E-state index in [0.29, 0.717) is 12.4 Å². The summed E-state index contributed by atoms with van der Waals surface area (Å²) in [5.41, 5.74) is 5.43. The molecule has 0 saturated carbocycles. The number of aromatic nitrogens is 3. The van der Waals surface area contributed by atoms with Crippen LogP contribution >= 0.6 is 11.6 Å². The Kier molecular flexibility index (Phi) is 3.78. The summed E-state index contributed by atoms with van der Waals surface area (Å²) in [5.74, 6) is 1.33. The zero-order valence-electron chi connectivity index (χ0n) is 9.63. The second-order valence-electron chi connectivity index (χ2n) is 3.25. The van der Waals surface area contributed by atoms with Crippen molar-refractivity contribution in [2.75, 3.05) is 12.3 Å². The van der Waals surface area contributed by atoms with Gasteiger partial charge in [-0.3, -0.25) is 0 Å². The van der Waals surface area contributed by atoms with Crippen LogP contribution in [0.1, 0.15) is 6.92 Å².